The number of ether oxygens (including phenoxy) is 2. The molecule has 8 heteroatoms. The van der Waals surface area contributed by atoms with Gasteiger partial charge in [-0.2, -0.15) is 0 Å². The van der Waals surface area contributed by atoms with Crippen LogP contribution in [0.2, 0.25) is 0 Å². The zero-order valence-corrected chi connectivity index (χ0v) is 11.3. The minimum absolute atomic E-state index is 0.0967. The lowest BCUT2D eigenvalue weighted by atomic mass is 10.3. The predicted molar refractivity (Wildman–Crippen MR) is 66.7 cm³/mol. The Bertz CT molecular complexity index is 543. The fourth-order valence-electron chi connectivity index (χ4n) is 1.23. The molecule has 0 aromatic heterocycles. The molecule has 0 saturated heterocycles. The van der Waals surface area contributed by atoms with Crippen molar-refractivity contribution in [2.24, 2.45) is 0 Å². The highest BCUT2D eigenvalue weighted by Gasteiger charge is 2.18. The lowest BCUT2D eigenvalue weighted by molar-refractivity contribution is 0.168. The van der Waals surface area contributed by atoms with Crippen molar-refractivity contribution in [3.8, 4) is 5.75 Å². The van der Waals surface area contributed by atoms with Crippen molar-refractivity contribution < 1.29 is 22.7 Å². The first-order valence-electron chi connectivity index (χ1n) is 4.95. The van der Waals surface area contributed by atoms with Crippen LogP contribution in [0.5, 0.6) is 5.75 Å². The van der Waals surface area contributed by atoms with E-state index in [0.29, 0.717) is 0 Å². The molecular formula is C10H12ClNO5S. The first-order chi connectivity index (χ1) is 8.38. The van der Waals surface area contributed by atoms with E-state index in [1.165, 1.54) is 25.3 Å². The molecule has 18 heavy (non-hydrogen) atoms. The zero-order valence-electron chi connectivity index (χ0n) is 9.77. The molecule has 0 aliphatic rings. The number of hydrogen-bond acceptors (Lipinski definition) is 5. The molecule has 0 heterocycles. The van der Waals surface area contributed by atoms with Crippen molar-refractivity contribution in [2.45, 2.75) is 11.8 Å². The fourth-order valence-corrected chi connectivity index (χ4v) is 2.25. The van der Waals surface area contributed by atoms with Gasteiger partial charge in [0.15, 0.2) is 0 Å². The van der Waals surface area contributed by atoms with Gasteiger partial charge in [0, 0.05) is 16.4 Å². The number of methoxy groups -OCH3 is 1. The Hall–Kier alpha value is -1.47. The highest BCUT2D eigenvalue weighted by molar-refractivity contribution is 8.13. The van der Waals surface area contributed by atoms with Crippen LogP contribution in [0.1, 0.15) is 6.92 Å². The standard InChI is InChI=1S/C10H12ClNO5S/c1-3-17-10(13)12-7-4-5-8(16-2)9(6-7)18(11,14)15/h4-6H,3H2,1-2H3,(H,12,13). The Morgan fingerprint density at radius 1 is 1.44 bits per heavy atom. The van der Waals surface area contributed by atoms with Crippen LogP contribution in [0.15, 0.2) is 23.1 Å². The van der Waals surface area contributed by atoms with Crippen molar-refractivity contribution in [1.29, 1.82) is 0 Å². The van der Waals surface area contributed by atoms with Gasteiger partial charge >= 0.3 is 6.09 Å². The summed E-state index contributed by atoms with van der Waals surface area (Å²) in [4.78, 5) is 11.0. The summed E-state index contributed by atoms with van der Waals surface area (Å²) in [6, 6.07) is 4.05. The molecule has 100 valence electrons. The van der Waals surface area contributed by atoms with Crippen LogP contribution in [0.3, 0.4) is 0 Å². The second-order valence-electron chi connectivity index (χ2n) is 3.15. The normalized spacial score (nSPS) is 10.8. The summed E-state index contributed by atoms with van der Waals surface area (Å²) < 4.78 is 32.2. The van der Waals surface area contributed by atoms with Crippen LogP contribution in [-0.4, -0.2) is 28.2 Å². The number of halogens is 1. The van der Waals surface area contributed by atoms with Gasteiger partial charge < -0.3 is 9.47 Å². The Labute approximate surface area is 109 Å². The maximum absolute atomic E-state index is 11.3. The third-order valence-electron chi connectivity index (χ3n) is 1.95. The highest BCUT2D eigenvalue weighted by Crippen LogP contribution is 2.29. The number of benzene rings is 1. The molecule has 0 fully saturated rings. The highest BCUT2D eigenvalue weighted by atomic mass is 35.7. The van der Waals surface area contributed by atoms with Crippen molar-refractivity contribution in [3.05, 3.63) is 18.2 Å². The van der Waals surface area contributed by atoms with E-state index in [4.69, 9.17) is 15.4 Å². The molecule has 0 radical (unpaired) electrons. The molecule has 1 amide bonds. The third-order valence-corrected chi connectivity index (χ3v) is 3.29. The van der Waals surface area contributed by atoms with Crippen molar-refractivity contribution >= 4 is 31.5 Å². The number of hydrogen-bond donors (Lipinski definition) is 1. The summed E-state index contributed by atoms with van der Waals surface area (Å²) in [5.41, 5.74) is 0.244. The topological polar surface area (TPSA) is 81.7 Å². The summed E-state index contributed by atoms with van der Waals surface area (Å²) in [5.74, 6) is 0.0967. The fraction of sp³-hybridized carbons (Fsp3) is 0.300. The van der Waals surface area contributed by atoms with Crippen LogP contribution in [0.25, 0.3) is 0 Å². The first-order valence-corrected chi connectivity index (χ1v) is 7.26. The van der Waals surface area contributed by atoms with E-state index in [-0.39, 0.29) is 22.9 Å². The van der Waals surface area contributed by atoms with Crippen LogP contribution < -0.4 is 10.1 Å². The zero-order chi connectivity index (χ0) is 13.8. The molecule has 1 aromatic carbocycles. The van der Waals surface area contributed by atoms with E-state index in [1.807, 2.05) is 0 Å². The monoisotopic (exact) mass is 293 g/mol. The van der Waals surface area contributed by atoms with Gasteiger partial charge in [0.2, 0.25) is 0 Å². The van der Waals surface area contributed by atoms with Gasteiger partial charge in [-0.25, -0.2) is 13.2 Å². The Morgan fingerprint density at radius 2 is 2.11 bits per heavy atom. The Balaban J connectivity index is 3.08. The van der Waals surface area contributed by atoms with Gasteiger partial charge in [-0.15, -0.1) is 0 Å². The van der Waals surface area contributed by atoms with Crippen LogP contribution in [-0.2, 0) is 13.8 Å². The molecule has 1 N–H and O–H groups in total. The molecule has 1 rings (SSSR count). The van der Waals surface area contributed by atoms with Gasteiger partial charge in [-0.3, -0.25) is 5.32 Å². The molecule has 0 bridgehead atoms. The lowest BCUT2D eigenvalue weighted by Gasteiger charge is -2.09. The molecular weight excluding hydrogens is 282 g/mol. The van der Waals surface area contributed by atoms with Crippen LogP contribution >= 0.6 is 10.7 Å². The van der Waals surface area contributed by atoms with E-state index >= 15 is 0 Å². The minimum Gasteiger partial charge on any atom is -0.495 e. The van der Waals surface area contributed by atoms with Gasteiger partial charge in [0.05, 0.1) is 13.7 Å². The number of carbonyl (C=O) groups is 1. The first kappa shape index (κ1) is 14.6. The Kier molecular flexibility index (Phi) is 4.80. The molecule has 0 aliphatic carbocycles. The maximum atomic E-state index is 11.3. The van der Waals surface area contributed by atoms with Crippen LogP contribution in [0.4, 0.5) is 10.5 Å². The van der Waals surface area contributed by atoms with Gasteiger partial charge in [0.1, 0.15) is 10.6 Å². The van der Waals surface area contributed by atoms with Gasteiger partial charge in [-0.1, -0.05) is 0 Å². The van der Waals surface area contributed by atoms with E-state index < -0.39 is 15.1 Å². The van der Waals surface area contributed by atoms with Crippen LogP contribution in [0, 0.1) is 0 Å². The van der Waals surface area contributed by atoms with E-state index in [0.717, 1.165) is 0 Å². The summed E-state index contributed by atoms with van der Waals surface area (Å²) in [5, 5.41) is 2.37. The summed E-state index contributed by atoms with van der Waals surface area (Å²) >= 11 is 0. The Morgan fingerprint density at radius 3 is 2.61 bits per heavy atom. The molecule has 0 unspecified atom stereocenters. The molecule has 0 saturated carbocycles. The summed E-state index contributed by atoms with van der Waals surface area (Å²) in [6.45, 7) is 1.87. The number of anilines is 1. The number of carbonyl (C=O) groups excluding carboxylic acids is 1. The van der Waals surface area contributed by atoms with Gasteiger partial charge in [0.25, 0.3) is 9.05 Å². The quantitative estimate of drug-likeness (QED) is 0.861. The molecule has 6 nitrogen and oxygen atoms in total. The van der Waals surface area contributed by atoms with Crippen molar-refractivity contribution in [3.63, 3.8) is 0 Å². The van der Waals surface area contributed by atoms with E-state index in [1.54, 1.807) is 6.92 Å². The summed E-state index contributed by atoms with van der Waals surface area (Å²) in [7, 11) is 2.62. The largest absolute Gasteiger partial charge is 0.495 e. The smallest absolute Gasteiger partial charge is 0.411 e. The SMILES string of the molecule is CCOC(=O)Nc1ccc(OC)c(S(=O)(=O)Cl)c1. The average Bonchev–Trinajstić information content (AvgIpc) is 2.28. The van der Waals surface area contributed by atoms with E-state index in [9.17, 15) is 13.2 Å². The molecule has 0 atom stereocenters. The van der Waals surface area contributed by atoms with Crippen molar-refractivity contribution in [1.82, 2.24) is 0 Å². The predicted octanol–water partition coefficient (Wildman–Crippen LogP) is 2.19. The van der Waals surface area contributed by atoms with Crippen molar-refractivity contribution in [2.75, 3.05) is 19.0 Å². The minimum atomic E-state index is -3.96. The average molecular weight is 294 g/mol. The second-order valence-corrected chi connectivity index (χ2v) is 5.68. The van der Waals surface area contributed by atoms with E-state index in [2.05, 4.69) is 10.1 Å². The van der Waals surface area contributed by atoms with Gasteiger partial charge in [-0.05, 0) is 25.1 Å². The lowest BCUT2D eigenvalue weighted by Crippen LogP contribution is -2.13. The number of rotatable bonds is 4. The molecule has 0 spiro atoms. The maximum Gasteiger partial charge on any atom is 0.411 e. The number of nitrogens with one attached hydrogen (secondary N) is 1. The number of amides is 1. The third kappa shape index (κ3) is 3.78. The molecule has 1 aromatic rings. The second kappa shape index (κ2) is 5.92. The molecule has 0 aliphatic heterocycles. The summed E-state index contributed by atoms with van der Waals surface area (Å²) in [6.07, 6.45) is -0.680.